The first-order valence-corrected chi connectivity index (χ1v) is 9.59. The number of carbonyl (C=O) groups excluding carboxylic acids is 1. The highest BCUT2D eigenvalue weighted by atomic mass is 32.1. The predicted molar refractivity (Wildman–Crippen MR) is 96.3 cm³/mol. The third kappa shape index (κ3) is 3.49. The number of fused-ring (bicyclic) bond motifs is 2. The zero-order chi connectivity index (χ0) is 17.2. The topological polar surface area (TPSA) is 60.5 Å². The van der Waals surface area contributed by atoms with Crippen molar-refractivity contribution in [3.8, 4) is 11.5 Å². The molecule has 0 radical (unpaired) electrons. The van der Waals surface area contributed by atoms with Crippen LogP contribution in [0.1, 0.15) is 34.0 Å². The molecule has 2 aromatic rings. The number of benzene rings is 1. The maximum absolute atomic E-state index is 12.5. The van der Waals surface area contributed by atoms with Gasteiger partial charge in [0, 0.05) is 10.9 Å². The summed E-state index contributed by atoms with van der Waals surface area (Å²) in [7, 11) is 1.64. The van der Waals surface area contributed by atoms with Crippen molar-refractivity contribution in [2.75, 3.05) is 13.7 Å². The second-order valence-corrected chi connectivity index (χ2v) is 7.76. The monoisotopic (exact) mass is 358 g/mol. The quantitative estimate of drug-likeness (QED) is 0.913. The molecule has 1 aliphatic heterocycles. The molecule has 2 aliphatic rings. The maximum Gasteiger partial charge on any atom is 0.227 e. The number of aryl methyl sites for hydroxylation is 2. The number of thiazole rings is 1. The Balaban J connectivity index is 1.36. The third-order valence-corrected chi connectivity index (χ3v) is 6.01. The van der Waals surface area contributed by atoms with E-state index in [1.54, 1.807) is 18.4 Å². The highest BCUT2D eigenvalue weighted by Gasteiger charge is 2.26. The van der Waals surface area contributed by atoms with Crippen LogP contribution in [0, 0.1) is 5.92 Å². The molecule has 132 valence electrons. The van der Waals surface area contributed by atoms with Gasteiger partial charge in [-0.3, -0.25) is 4.79 Å². The summed E-state index contributed by atoms with van der Waals surface area (Å²) in [5, 5.41) is 4.05. The van der Waals surface area contributed by atoms with Gasteiger partial charge < -0.3 is 14.8 Å². The molecule has 0 saturated carbocycles. The summed E-state index contributed by atoms with van der Waals surface area (Å²) in [4.78, 5) is 18.6. The van der Waals surface area contributed by atoms with E-state index in [-0.39, 0.29) is 11.8 Å². The summed E-state index contributed by atoms with van der Waals surface area (Å²) in [5.74, 6) is 1.47. The number of carbonyl (C=O) groups is 1. The average Bonchev–Trinajstić information content (AvgIpc) is 3.08. The lowest BCUT2D eigenvalue weighted by molar-refractivity contribution is -0.126. The van der Waals surface area contributed by atoms with Gasteiger partial charge in [-0.05, 0) is 43.7 Å². The van der Waals surface area contributed by atoms with Gasteiger partial charge in [-0.1, -0.05) is 6.07 Å². The number of rotatable bonds is 4. The average molecular weight is 358 g/mol. The molecule has 0 saturated heterocycles. The first-order chi connectivity index (χ1) is 12.2. The highest BCUT2D eigenvalue weighted by molar-refractivity contribution is 7.11. The van der Waals surface area contributed by atoms with E-state index in [1.165, 1.54) is 23.4 Å². The van der Waals surface area contributed by atoms with E-state index in [0.717, 1.165) is 34.9 Å². The molecule has 25 heavy (non-hydrogen) atoms. The zero-order valence-electron chi connectivity index (χ0n) is 14.3. The molecule has 5 nitrogen and oxygen atoms in total. The van der Waals surface area contributed by atoms with Gasteiger partial charge in [0.25, 0.3) is 0 Å². The van der Waals surface area contributed by atoms with E-state index in [9.17, 15) is 4.79 Å². The molecule has 0 spiro atoms. The zero-order valence-corrected chi connectivity index (χ0v) is 15.2. The maximum atomic E-state index is 12.5. The lowest BCUT2D eigenvalue weighted by Crippen LogP contribution is -2.37. The molecule has 4 rings (SSSR count). The van der Waals surface area contributed by atoms with Gasteiger partial charge >= 0.3 is 0 Å². The summed E-state index contributed by atoms with van der Waals surface area (Å²) >= 11 is 1.75. The van der Waals surface area contributed by atoms with Crippen LogP contribution in [0.25, 0.3) is 0 Å². The largest absolute Gasteiger partial charge is 0.497 e. The van der Waals surface area contributed by atoms with Crippen LogP contribution < -0.4 is 14.8 Å². The van der Waals surface area contributed by atoms with Crippen LogP contribution >= 0.6 is 11.3 Å². The van der Waals surface area contributed by atoms with Gasteiger partial charge in [-0.25, -0.2) is 4.98 Å². The third-order valence-electron chi connectivity index (χ3n) is 4.86. The van der Waals surface area contributed by atoms with E-state index in [2.05, 4.69) is 10.3 Å². The summed E-state index contributed by atoms with van der Waals surface area (Å²) in [6, 6.07) is 5.76. The van der Waals surface area contributed by atoms with Gasteiger partial charge in [0.2, 0.25) is 5.91 Å². The van der Waals surface area contributed by atoms with E-state index >= 15 is 0 Å². The van der Waals surface area contributed by atoms with Crippen molar-refractivity contribution >= 4 is 17.2 Å². The van der Waals surface area contributed by atoms with Crippen LogP contribution in [-0.4, -0.2) is 24.6 Å². The number of nitrogens with one attached hydrogen (secondary N) is 1. The normalized spacial score (nSPS) is 18.7. The number of hydrogen-bond donors (Lipinski definition) is 1. The van der Waals surface area contributed by atoms with Crippen LogP contribution in [0.15, 0.2) is 18.2 Å². The van der Waals surface area contributed by atoms with Gasteiger partial charge in [-0.15, -0.1) is 11.3 Å². The summed E-state index contributed by atoms with van der Waals surface area (Å²) in [6.07, 6.45) is 5.39. The molecule has 0 bridgehead atoms. The molecule has 0 unspecified atom stereocenters. The van der Waals surface area contributed by atoms with Crippen molar-refractivity contribution in [1.82, 2.24) is 10.3 Å². The van der Waals surface area contributed by atoms with Crippen LogP contribution in [0.3, 0.4) is 0 Å². The standard InChI is InChI=1S/C19H22N2O3S/c1-23-14-7-6-12-8-13(11-24-16(12)9-14)19(22)20-10-18-21-15-4-2-3-5-17(15)25-18/h6-7,9,13H,2-5,8,10-11H2,1H3,(H,20,22)/t13-/m1/s1. The predicted octanol–water partition coefficient (Wildman–Crippen LogP) is 2.90. The van der Waals surface area contributed by atoms with Crippen LogP contribution in [0.4, 0.5) is 0 Å². The molecular weight excluding hydrogens is 336 g/mol. The van der Waals surface area contributed by atoms with Crippen molar-refractivity contribution in [3.63, 3.8) is 0 Å². The highest BCUT2D eigenvalue weighted by Crippen LogP contribution is 2.31. The lowest BCUT2D eigenvalue weighted by atomic mass is 9.96. The van der Waals surface area contributed by atoms with Gasteiger partial charge in [0.05, 0.1) is 25.3 Å². The minimum absolute atomic E-state index is 0.0367. The first-order valence-electron chi connectivity index (χ1n) is 8.78. The molecule has 6 heteroatoms. The molecule has 2 heterocycles. The summed E-state index contributed by atoms with van der Waals surface area (Å²) in [6.45, 7) is 0.919. The number of amides is 1. The Morgan fingerprint density at radius 3 is 3.12 bits per heavy atom. The molecule has 1 aromatic carbocycles. The van der Waals surface area contributed by atoms with Crippen LogP contribution in [-0.2, 0) is 30.6 Å². The fourth-order valence-electron chi connectivity index (χ4n) is 3.44. The van der Waals surface area contributed by atoms with Crippen LogP contribution in [0.5, 0.6) is 11.5 Å². The minimum atomic E-state index is -0.157. The van der Waals surface area contributed by atoms with Crippen molar-refractivity contribution in [1.29, 1.82) is 0 Å². The smallest absolute Gasteiger partial charge is 0.227 e. The first kappa shape index (κ1) is 16.4. The van der Waals surface area contributed by atoms with Gasteiger partial charge in [0.1, 0.15) is 23.1 Å². The van der Waals surface area contributed by atoms with E-state index in [1.807, 2.05) is 18.2 Å². The Morgan fingerprint density at radius 1 is 1.40 bits per heavy atom. The summed E-state index contributed by atoms with van der Waals surface area (Å²) in [5.41, 5.74) is 2.29. The second kappa shape index (κ2) is 7.04. The molecular formula is C19H22N2O3S. The van der Waals surface area contributed by atoms with Crippen molar-refractivity contribution in [2.45, 2.75) is 38.6 Å². The molecule has 1 N–H and O–H groups in total. The Kier molecular flexibility index (Phi) is 4.61. The molecule has 1 atom stereocenters. The Bertz CT molecular complexity index is 763. The number of methoxy groups -OCH3 is 1. The Hall–Kier alpha value is -2.08. The molecule has 1 amide bonds. The second-order valence-electron chi connectivity index (χ2n) is 6.59. The van der Waals surface area contributed by atoms with Gasteiger partial charge in [-0.2, -0.15) is 0 Å². The van der Waals surface area contributed by atoms with E-state index in [4.69, 9.17) is 9.47 Å². The Labute approximate surface area is 151 Å². The SMILES string of the molecule is COc1ccc2c(c1)OC[C@H](C(=O)NCc1nc3c(s1)CCCC3)C2. The van der Waals surface area contributed by atoms with Crippen molar-refractivity contribution in [2.24, 2.45) is 5.92 Å². The fourth-order valence-corrected chi connectivity index (χ4v) is 4.53. The number of aromatic nitrogens is 1. The number of ether oxygens (including phenoxy) is 2. The number of nitrogens with zero attached hydrogens (tertiary/aromatic N) is 1. The lowest BCUT2D eigenvalue weighted by Gasteiger charge is -2.24. The number of hydrogen-bond acceptors (Lipinski definition) is 5. The van der Waals surface area contributed by atoms with Crippen molar-refractivity contribution < 1.29 is 14.3 Å². The van der Waals surface area contributed by atoms with Crippen LogP contribution in [0.2, 0.25) is 0 Å². The van der Waals surface area contributed by atoms with Gasteiger partial charge in [0.15, 0.2) is 0 Å². The molecule has 1 aromatic heterocycles. The minimum Gasteiger partial charge on any atom is -0.497 e. The fraction of sp³-hybridized carbons (Fsp3) is 0.474. The van der Waals surface area contributed by atoms with E-state index < -0.39 is 0 Å². The molecule has 0 fully saturated rings. The molecule has 1 aliphatic carbocycles. The van der Waals surface area contributed by atoms with E-state index in [0.29, 0.717) is 19.6 Å². The summed E-state index contributed by atoms with van der Waals surface area (Å²) < 4.78 is 11.0. The Morgan fingerprint density at radius 2 is 2.28 bits per heavy atom. The van der Waals surface area contributed by atoms with Crippen molar-refractivity contribution in [3.05, 3.63) is 39.3 Å².